The van der Waals surface area contributed by atoms with E-state index in [0.29, 0.717) is 16.6 Å². The van der Waals surface area contributed by atoms with Gasteiger partial charge >= 0.3 is 6.03 Å². The molecule has 2 N–H and O–H groups in total. The van der Waals surface area contributed by atoms with Crippen molar-refractivity contribution in [3.8, 4) is 0 Å². The number of rotatable bonds is 2. The number of pyridine rings is 1. The Labute approximate surface area is 173 Å². The summed E-state index contributed by atoms with van der Waals surface area (Å²) >= 11 is 5.63. The molecule has 2 aromatic carbocycles. The molecule has 30 heavy (non-hydrogen) atoms. The average Bonchev–Trinajstić information content (AvgIpc) is 2.71. The van der Waals surface area contributed by atoms with Crippen LogP contribution in [-0.4, -0.2) is 29.6 Å². The number of hydrogen-bond donors (Lipinski definition) is 2. The largest absolute Gasteiger partial charge is 0.373 e. The van der Waals surface area contributed by atoms with E-state index in [2.05, 4.69) is 10.3 Å². The molecule has 2 heterocycles. The van der Waals surface area contributed by atoms with Gasteiger partial charge in [0.2, 0.25) is 0 Å². The van der Waals surface area contributed by atoms with Crippen LogP contribution < -0.4 is 10.9 Å². The van der Waals surface area contributed by atoms with Crippen LogP contribution in [0.3, 0.4) is 0 Å². The highest BCUT2D eigenvalue weighted by atomic mass is 35.5. The summed E-state index contributed by atoms with van der Waals surface area (Å²) in [5, 5.41) is 2.64. The molecule has 6 nitrogen and oxygen atoms in total. The van der Waals surface area contributed by atoms with Crippen molar-refractivity contribution >= 4 is 34.1 Å². The predicted molar refractivity (Wildman–Crippen MR) is 105 cm³/mol. The second-order valence-corrected chi connectivity index (χ2v) is 7.27. The predicted octanol–water partition coefficient (Wildman–Crippen LogP) is 4.33. The standard InChI is InChI=1S/C20H15ClF3N3O3/c1-27(20(29)25-10-5-13(21)18(24)14(23)6-10)16-8-30-7-15-17(16)11-3-2-9(22)4-12(11)19(28)26-15/h2-6,16H,7-8H2,1H3,(H,25,29)(H,26,28)/t16-/m0/s1. The maximum Gasteiger partial charge on any atom is 0.322 e. The minimum atomic E-state index is -1.21. The molecule has 1 aliphatic heterocycles. The van der Waals surface area contributed by atoms with Crippen LogP contribution in [0.2, 0.25) is 5.02 Å². The Bertz CT molecular complexity index is 1210. The fraction of sp³-hybridized carbons (Fsp3) is 0.200. The maximum atomic E-state index is 13.6. The molecule has 10 heteroatoms. The van der Waals surface area contributed by atoms with E-state index < -0.39 is 40.1 Å². The maximum absolute atomic E-state index is 13.6. The molecule has 0 saturated carbocycles. The van der Waals surface area contributed by atoms with Crippen LogP contribution in [0.25, 0.3) is 10.8 Å². The molecule has 2 amide bonds. The van der Waals surface area contributed by atoms with Crippen molar-refractivity contribution < 1.29 is 22.7 Å². The number of anilines is 1. The summed E-state index contributed by atoms with van der Waals surface area (Å²) in [5.41, 5.74) is 0.611. The van der Waals surface area contributed by atoms with Crippen LogP contribution in [-0.2, 0) is 11.3 Å². The van der Waals surface area contributed by atoms with Gasteiger partial charge in [0.1, 0.15) is 5.82 Å². The third kappa shape index (κ3) is 3.50. The Morgan fingerprint density at radius 3 is 2.73 bits per heavy atom. The molecule has 156 valence electrons. The van der Waals surface area contributed by atoms with E-state index in [4.69, 9.17) is 16.3 Å². The number of carbonyl (C=O) groups is 1. The van der Waals surface area contributed by atoms with Crippen molar-refractivity contribution in [3.63, 3.8) is 0 Å². The third-order valence-electron chi connectivity index (χ3n) is 4.98. The first-order valence-electron chi connectivity index (χ1n) is 8.86. The summed E-state index contributed by atoms with van der Waals surface area (Å²) < 4.78 is 46.1. The highest BCUT2D eigenvalue weighted by molar-refractivity contribution is 6.31. The molecule has 0 aliphatic carbocycles. The lowest BCUT2D eigenvalue weighted by atomic mass is 9.96. The summed E-state index contributed by atoms with van der Waals surface area (Å²) in [6.45, 7) is 0.247. The molecular weight excluding hydrogens is 423 g/mol. The molecule has 0 spiro atoms. The molecule has 0 fully saturated rings. The summed E-state index contributed by atoms with van der Waals surface area (Å²) in [4.78, 5) is 29.0. The van der Waals surface area contributed by atoms with Crippen LogP contribution >= 0.6 is 11.6 Å². The van der Waals surface area contributed by atoms with E-state index in [-0.39, 0.29) is 24.3 Å². The van der Waals surface area contributed by atoms with Gasteiger partial charge in [0.05, 0.1) is 29.7 Å². The van der Waals surface area contributed by atoms with Crippen LogP contribution in [0.5, 0.6) is 0 Å². The van der Waals surface area contributed by atoms with Crippen LogP contribution in [0.1, 0.15) is 17.3 Å². The fourth-order valence-electron chi connectivity index (χ4n) is 3.51. The number of benzene rings is 2. The smallest absolute Gasteiger partial charge is 0.322 e. The molecule has 0 bridgehead atoms. The van der Waals surface area contributed by atoms with Gasteiger partial charge in [-0.2, -0.15) is 0 Å². The monoisotopic (exact) mass is 437 g/mol. The highest BCUT2D eigenvalue weighted by Gasteiger charge is 2.30. The number of aromatic amines is 1. The molecular formula is C20H15ClF3N3O3. The SMILES string of the molecule is CN(C(=O)Nc1cc(F)c(F)c(Cl)c1)[C@H]1COCc2[nH]c(=O)c3cc(F)ccc3c21. The lowest BCUT2D eigenvalue weighted by molar-refractivity contribution is 0.0527. The first-order valence-corrected chi connectivity index (χ1v) is 9.24. The van der Waals surface area contributed by atoms with E-state index in [1.807, 2.05) is 0 Å². The van der Waals surface area contributed by atoms with Crippen molar-refractivity contribution in [1.82, 2.24) is 9.88 Å². The number of ether oxygens (including phenoxy) is 1. The number of aromatic nitrogens is 1. The van der Waals surface area contributed by atoms with Gasteiger partial charge in [0.25, 0.3) is 5.56 Å². The first-order chi connectivity index (χ1) is 14.3. The van der Waals surface area contributed by atoms with Gasteiger partial charge in [0.15, 0.2) is 11.6 Å². The molecule has 1 aliphatic rings. The number of nitrogens with one attached hydrogen (secondary N) is 2. The Morgan fingerprint density at radius 2 is 2.00 bits per heavy atom. The van der Waals surface area contributed by atoms with E-state index in [0.717, 1.165) is 18.2 Å². The summed E-state index contributed by atoms with van der Waals surface area (Å²) in [5.74, 6) is -2.96. The highest BCUT2D eigenvalue weighted by Crippen LogP contribution is 2.33. The van der Waals surface area contributed by atoms with E-state index in [1.165, 1.54) is 24.1 Å². The lowest BCUT2D eigenvalue weighted by Crippen LogP contribution is -2.39. The zero-order valence-electron chi connectivity index (χ0n) is 15.6. The molecule has 4 rings (SSSR count). The quantitative estimate of drug-likeness (QED) is 0.586. The number of urea groups is 1. The van der Waals surface area contributed by atoms with E-state index in [9.17, 15) is 22.8 Å². The van der Waals surface area contributed by atoms with Crippen molar-refractivity contribution in [3.05, 3.63) is 74.4 Å². The van der Waals surface area contributed by atoms with Crippen LogP contribution in [0, 0.1) is 17.5 Å². The Morgan fingerprint density at radius 1 is 1.23 bits per heavy atom. The van der Waals surface area contributed by atoms with Crippen molar-refractivity contribution in [2.45, 2.75) is 12.6 Å². The second-order valence-electron chi connectivity index (χ2n) is 6.86. The zero-order chi connectivity index (χ0) is 21.6. The summed E-state index contributed by atoms with van der Waals surface area (Å²) in [6, 6.07) is 4.49. The van der Waals surface area contributed by atoms with Gasteiger partial charge in [-0.25, -0.2) is 18.0 Å². The number of fused-ring (bicyclic) bond motifs is 3. The normalized spacial score (nSPS) is 15.7. The number of carbonyl (C=O) groups excluding carboxylic acids is 1. The molecule has 0 unspecified atom stereocenters. The minimum Gasteiger partial charge on any atom is -0.373 e. The minimum absolute atomic E-state index is 0.0268. The Balaban J connectivity index is 1.70. The van der Waals surface area contributed by atoms with Crippen molar-refractivity contribution in [2.24, 2.45) is 0 Å². The van der Waals surface area contributed by atoms with Gasteiger partial charge in [-0.15, -0.1) is 0 Å². The molecule has 1 atom stereocenters. The van der Waals surface area contributed by atoms with Crippen LogP contribution in [0.15, 0.2) is 35.1 Å². The molecule has 0 radical (unpaired) electrons. The number of likely N-dealkylation sites (N-methyl/N-ethyl adjacent to an activating group) is 1. The Hall–Kier alpha value is -3.04. The van der Waals surface area contributed by atoms with Gasteiger partial charge in [-0.1, -0.05) is 17.7 Å². The average molecular weight is 438 g/mol. The Kier molecular flexibility index (Phi) is 5.17. The first kappa shape index (κ1) is 20.2. The van der Waals surface area contributed by atoms with Gasteiger partial charge < -0.3 is 19.9 Å². The number of amides is 2. The lowest BCUT2D eigenvalue weighted by Gasteiger charge is -2.33. The number of hydrogen-bond acceptors (Lipinski definition) is 3. The summed E-state index contributed by atoms with van der Waals surface area (Å²) in [6.07, 6.45) is 0. The number of halogens is 4. The van der Waals surface area contributed by atoms with Gasteiger partial charge in [-0.05, 0) is 23.6 Å². The second kappa shape index (κ2) is 7.66. The number of nitrogens with zero attached hydrogens (tertiary/aromatic N) is 1. The fourth-order valence-corrected chi connectivity index (χ4v) is 3.72. The van der Waals surface area contributed by atoms with Gasteiger partial charge in [-0.3, -0.25) is 4.79 Å². The van der Waals surface area contributed by atoms with Crippen molar-refractivity contribution in [1.29, 1.82) is 0 Å². The third-order valence-corrected chi connectivity index (χ3v) is 5.26. The number of H-pyrrole nitrogens is 1. The van der Waals surface area contributed by atoms with E-state index >= 15 is 0 Å². The van der Waals surface area contributed by atoms with E-state index in [1.54, 1.807) is 0 Å². The molecule has 1 aromatic heterocycles. The molecule has 3 aromatic rings. The topological polar surface area (TPSA) is 74.4 Å². The molecule has 0 saturated heterocycles. The van der Waals surface area contributed by atoms with Gasteiger partial charge in [0, 0.05) is 30.1 Å². The summed E-state index contributed by atoms with van der Waals surface area (Å²) in [7, 11) is 1.49. The van der Waals surface area contributed by atoms with Crippen molar-refractivity contribution in [2.75, 3.05) is 19.0 Å². The zero-order valence-corrected chi connectivity index (χ0v) is 16.3. The van der Waals surface area contributed by atoms with Crippen LogP contribution in [0.4, 0.5) is 23.7 Å².